The van der Waals surface area contributed by atoms with E-state index in [9.17, 15) is 0 Å². The molecule has 1 rings (SSSR count). The van der Waals surface area contributed by atoms with Crippen molar-refractivity contribution < 1.29 is 0 Å². The van der Waals surface area contributed by atoms with E-state index in [2.05, 4.69) is 48.8 Å². The van der Waals surface area contributed by atoms with Crippen LogP contribution in [0.15, 0.2) is 0 Å². The lowest BCUT2D eigenvalue weighted by atomic mass is 10.5. The Kier molecular flexibility index (Phi) is 9.27. The molecule has 0 spiro atoms. The summed E-state index contributed by atoms with van der Waals surface area (Å²) in [4.78, 5) is 0. The first-order chi connectivity index (χ1) is 6.86. The second-order valence-electron chi connectivity index (χ2n) is 2.78. The zero-order valence-corrected chi connectivity index (χ0v) is 13.0. The molecule has 0 unspecified atom stereocenters. The highest BCUT2D eigenvalue weighted by molar-refractivity contribution is 8.23. The van der Waals surface area contributed by atoms with E-state index >= 15 is 0 Å². The smallest absolute Gasteiger partial charge is 0.0537 e. The van der Waals surface area contributed by atoms with Crippen molar-refractivity contribution in [3.63, 3.8) is 0 Å². The van der Waals surface area contributed by atoms with E-state index in [4.69, 9.17) is 0 Å². The van der Waals surface area contributed by atoms with Gasteiger partial charge < -0.3 is 0 Å². The van der Waals surface area contributed by atoms with Gasteiger partial charge >= 0.3 is 0 Å². The van der Waals surface area contributed by atoms with Crippen molar-refractivity contribution in [2.45, 2.75) is 22.0 Å². The van der Waals surface area contributed by atoms with Crippen molar-refractivity contribution in [2.24, 2.45) is 0 Å². The molecular formula is C8H16S6. The molecule has 14 heavy (non-hydrogen) atoms. The van der Waals surface area contributed by atoms with Gasteiger partial charge in [-0.25, -0.2) is 0 Å². The Bertz CT molecular complexity index is 130. The van der Waals surface area contributed by atoms with Gasteiger partial charge in [0.25, 0.3) is 0 Å². The van der Waals surface area contributed by atoms with Crippen molar-refractivity contribution in [3.8, 4) is 0 Å². The summed E-state index contributed by atoms with van der Waals surface area (Å²) >= 11 is 16.7. The van der Waals surface area contributed by atoms with Gasteiger partial charge in [-0.15, -0.1) is 47.0 Å². The summed E-state index contributed by atoms with van der Waals surface area (Å²) in [5.74, 6) is 2.70. The molecule has 1 heterocycles. The lowest BCUT2D eigenvalue weighted by molar-refractivity contribution is 0.998. The predicted octanol–water partition coefficient (Wildman–Crippen LogP) is 4.14. The Hall–Kier alpha value is 2.10. The molecular weight excluding hydrogens is 288 g/mol. The highest BCUT2D eigenvalue weighted by atomic mass is 32.2. The minimum absolute atomic E-state index is 0.688. The molecule has 0 aromatic carbocycles. The van der Waals surface area contributed by atoms with E-state index < -0.39 is 0 Å². The van der Waals surface area contributed by atoms with E-state index in [0.717, 1.165) is 14.8 Å². The van der Waals surface area contributed by atoms with Crippen molar-refractivity contribution in [1.82, 2.24) is 0 Å². The standard InChI is InChI=1S/C8H16S6/c9-5-13-8(14-6-10)4-7-11-2-1-3-12-7/h7-10H,1-6H2. The van der Waals surface area contributed by atoms with Gasteiger partial charge in [-0.3, -0.25) is 0 Å². The summed E-state index contributed by atoms with van der Waals surface area (Å²) in [6.45, 7) is 0. The molecule has 0 nitrogen and oxygen atoms in total. The van der Waals surface area contributed by atoms with Gasteiger partial charge in [-0.05, 0) is 24.3 Å². The number of rotatable bonds is 6. The summed E-state index contributed by atoms with van der Waals surface area (Å²) < 4.78 is 1.50. The maximum Gasteiger partial charge on any atom is 0.0537 e. The molecule has 0 amide bonds. The maximum atomic E-state index is 4.28. The molecule has 1 saturated heterocycles. The average molecular weight is 305 g/mol. The summed E-state index contributed by atoms with van der Waals surface area (Å²) in [7, 11) is 0. The first-order valence-electron chi connectivity index (χ1n) is 4.55. The second kappa shape index (κ2) is 9.16. The Morgan fingerprint density at radius 1 is 1.14 bits per heavy atom. The molecule has 1 aliphatic rings. The zero-order chi connectivity index (χ0) is 10.2. The van der Waals surface area contributed by atoms with E-state index in [-0.39, 0.29) is 0 Å². The fourth-order valence-corrected chi connectivity index (χ4v) is 8.08. The van der Waals surface area contributed by atoms with Gasteiger partial charge in [-0.2, -0.15) is 25.3 Å². The summed E-state index contributed by atoms with van der Waals surface area (Å²) in [6.07, 6.45) is 2.68. The van der Waals surface area contributed by atoms with Gasteiger partial charge in [0, 0.05) is 10.2 Å². The summed E-state index contributed by atoms with van der Waals surface area (Å²) in [6, 6.07) is 0. The molecule has 0 bridgehead atoms. The van der Waals surface area contributed by atoms with Crippen LogP contribution in [-0.4, -0.2) is 30.8 Å². The quantitative estimate of drug-likeness (QED) is 0.559. The van der Waals surface area contributed by atoms with Crippen molar-refractivity contribution in [3.05, 3.63) is 0 Å². The third-order valence-electron chi connectivity index (χ3n) is 1.80. The highest BCUT2D eigenvalue weighted by Crippen LogP contribution is 2.39. The van der Waals surface area contributed by atoms with Gasteiger partial charge in [0.1, 0.15) is 0 Å². The summed E-state index contributed by atoms with van der Waals surface area (Å²) in [5.41, 5.74) is 0. The van der Waals surface area contributed by atoms with Crippen LogP contribution in [0.3, 0.4) is 0 Å². The monoisotopic (exact) mass is 304 g/mol. The van der Waals surface area contributed by atoms with Crippen LogP contribution in [0.25, 0.3) is 0 Å². The molecule has 0 saturated carbocycles. The van der Waals surface area contributed by atoms with Gasteiger partial charge in [-0.1, -0.05) is 0 Å². The van der Waals surface area contributed by atoms with Crippen molar-refractivity contribution >= 4 is 72.3 Å². The molecule has 0 aromatic rings. The van der Waals surface area contributed by atoms with Crippen LogP contribution in [0.4, 0.5) is 0 Å². The average Bonchev–Trinajstić information content (AvgIpc) is 2.20. The Labute approximate surface area is 115 Å². The Morgan fingerprint density at radius 2 is 1.71 bits per heavy atom. The SMILES string of the molecule is SCSC(CC1SCCCS1)SCS. The number of hydrogen-bond donors (Lipinski definition) is 2. The number of thiol groups is 2. The molecule has 1 aliphatic heterocycles. The zero-order valence-electron chi connectivity index (χ0n) is 7.92. The normalized spacial score (nSPS) is 19.1. The van der Waals surface area contributed by atoms with Crippen LogP contribution < -0.4 is 0 Å². The minimum atomic E-state index is 0.688. The molecule has 1 fully saturated rings. The highest BCUT2D eigenvalue weighted by Gasteiger charge is 2.19. The van der Waals surface area contributed by atoms with Crippen LogP contribution in [0.2, 0.25) is 0 Å². The van der Waals surface area contributed by atoms with Crippen LogP contribution in [-0.2, 0) is 0 Å². The van der Waals surface area contributed by atoms with Crippen LogP contribution >= 0.6 is 72.3 Å². The minimum Gasteiger partial charge on any atom is -0.168 e. The van der Waals surface area contributed by atoms with Gasteiger partial charge in [0.05, 0.1) is 9.16 Å². The second-order valence-corrected chi connectivity index (χ2v) is 9.87. The number of hydrogen-bond acceptors (Lipinski definition) is 6. The maximum absolute atomic E-state index is 4.28. The molecule has 0 radical (unpaired) electrons. The number of thioether (sulfide) groups is 4. The lowest BCUT2D eigenvalue weighted by Gasteiger charge is -2.24. The third-order valence-corrected chi connectivity index (χ3v) is 7.93. The van der Waals surface area contributed by atoms with E-state index in [1.54, 1.807) is 0 Å². The van der Waals surface area contributed by atoms with E-state index in [0.29, 0.717) is 4.58 Å². The van der Waals surface area contributed by atoms with Crippen molar-refractivity contribution in [1.29, 1.82) is 0 Å². The van der Waals surface area contributed by atoms with Crippen molar-refractivity contribution in [2.75, 3.05) is 21.7 Å². The van der Waals surface area contributed by atoms with E-state index in [1.807, 2.05) is 23.5 Å². The molecule has 0 N–H and O–H groups in total. The first-order valence-corrected chi connectivity index (χ1v) is 10.0. The molecule has 6 heteroatoms. The first kappa shape index (κ1) is 14.2. The lowest BCUT2D eigenvalue weighted by Crippen LogP contribution is -2.12. The van der Waals surface area contributed by atoms with Crippen LogP contribution in [0.1, 0.15) is 12.8 Å². The molecule has 0 atom stereocenters. The van der Waals surface area contributed by atoms with Gasteiger partial charge in [0.15, 0.2) is 0 Å². The molecule has 84 valence electrons. The third kappa shape index (κ3) is 5.99. The molecule has 0 aliphatic carbocycles. The van der Waals surface area contributed by atoms with E-state index in [1.165, 1.54) is 24.3 Å². The Balaban J connectivity index is 2.21. The fraction of sp³-hybridized carbons (Fsp3) is 1.00. The van der Waals surface area contributed by atoms with Gasteiger partial charge in [0.2, 0.25) is 0 Å². The largest absolute Gasteiger partial charge is 0.168 e. The van der Waals surface area contributed by atoms with Crippen LogP contribution in [0.5, 0.6) is 0 Å². The topological polar surface area (TPSA) is 0 Å². The molecule has 0 aromatic heterocycles. The fourth-order valence-electron chi connectivity index (χ4n) is 1.18. The van der Waals surface area contributed by atoms with Crippen LogP contribution in [0, 0.1) is 0 Å². The summed E-state index contributed by atoms with van der Waals surface area (Å²) in [5, 5.41) is 1.85. The Morgan fingerprint density at radius 3 is 2.21 bits per heavy atom. The predicted molar refractivity (Wildman–Crippen MR) is 84.6 cm³/mol.